The molecule has 0 spiro atoms. The molecule has 1 fully saturated rings. The van der Waals surface area contributed by atoms with Crippen LogP contribution in [0.5, 0.6) is 0 Å². The van der Waals surface area contributed by atoms with Gasteiger partial charge in [0.2, 0.25) is 5.95 Å². The van der Waals surface area contributed by atoms with Crippen molar-refractivity contribution in [1.29, 1.82) is 0 Å². The van der Waals surface area contributed by atoms with Crippen molar-refractivity contribution in [3.8, 4) is 5.82 Å². The molecule has 0 amide bonds. The second-order valence-corrected chi connectivity index (χ2v) is 11.5. The fourth-order valence-electron chi connectivity index (χ4n) is 5.76. The Hall–Kier alpha value is -4.28. The maximum atomic E-state index is 13.3. The average Bonchev–Trinajstić information content (AvgIpc) is 3.42. The summed E-state index contributed by atoms with van der Waals surface area (Å²) >= 11 is 0. The molecule has 1 saturated heterocycles. The molecule has 10 heteroatoms. The van der Waals surface area contributed by atoms with Gasteiger partial charge in [-0.15, -0.1) is 6.58 Å². The number of fused-ring (bicyclic) bond motifs is 2. The molecule has 0 aliphatic carbocycles. The number of likely N-dealkylation sites (tertiary alicyclic amines) is 1. The van der Waals surface area contributed by atoms with E-state index in [4.69, 9.17) is 4.98 Å². The first-order valence-electron chi connectivity index (χ1n) is 14.0. The minimum absolute atomic E-state index is 0.242. The zero-order chi connectivity index (χ0) is 28.9. The van der Waals surface area contributed by atoms with Crippen molar-refractivity contribution in [2.45, 2.75) is 44.8 Å². The molecule has 0 atom stereocenters. The molecule has 1 aromatic carbocycles. The highest BCUT2D eigenvalue weighted by molar-refractivity contribution is 5.88. The molecule has 4 aromatic heterocycles. The van der Waals surface area contributed by atoms with E-state index in [1.54, 1.807) is 49.0 Å². The first-order chi connectivity index (χ1) is 19.6. The number of aliphatic hydroxyl groups is 1. The summed E-state index contributed by atoms with van der Waals surface area (Å²) < 4.78 is 5.37. The number of pyridine rings is 1. The summed E-state index contributed by atoms with van der Waals surface area (Å²) in [5.74, 6) is 1.40. The highest BCUT2D eigenvalue weighted by Gasteiger charge is 2.23. The van der Waals surface area contributed by atoms with Crippen molar-refractivity contribution < 1.29 is 5.11 Å². The Morgan fingerprint density at radius 2 is 1.90 bits per heavy atom. The Balaban J connectivity index is 1.39. The minimum Gasteiger partial charge on any atom is -0.384 e. The molecule has 2 N–H and O–H groups in total. The van der Waals surface area contributed by atoms with E-state index in [2.05, 4.69) is 69.8 Å². The molecule has 1 aliphatic heterocycles. The first-order valence-corrected chi connectivity index (χ1v) is 14.0. The molecule has 1 aliphatic rings. The van der Waals surface area contributed by atoms with E-state index in [1.165, 1.54) is 28.5 Å². The molecule has 212 valence electrons. The number of rotatable bonds is 7. The topological polar surface area (TPSA) is 106 Å². The van der Waals surface area contributed by atoms with Crippen LogP contribution in [0.1, 0.15) is 43.9 Å². The van der Waals surface area contributed by atoms with Crippen molar-refractivity contribution in [2.75, 3.05) is 25.5 Å². The van der Waals surface area contributed by atoms with Gasteiger partial charge in [0.25, 0.3) is 5.56 Å². The first kappa shape index (κ1) is 26.9. The van der Waals surface area contributed by atoms with Crippen LogP contribution in [0.25, 0.3) is 27.8 Å². The number of nitrogens with zero attached hydrogens (tertiary/aromatic N) is 7. The molecule has 10 nitrogen and oxygen atoms in total. The van der Waals surface area contributed by atoms with Crippen LogP contribution < -0.4 is 10.9 Å². The lowest BCUT2D eigenvalue weighted by Crippen LogP contribution is -2.29. The molecule has 6 rings (SSSR count). The van der Waals surface area contributed by atoms with Crippen LogP contribution in [-0.2, 0) is 19.2 Å². The van der Waals surface area contributed by atoms with Crippen LogP contribution in [0.15, 0.2) is 66.2 Å². The van der Waals surface area contributed by atoms with E-state index in [-0.39, 0.29) is 12.1 Å². The number of allylic oxidation sites excluding steroid dienone is 1. The van der Waals surface area contributed by atoms with Gasteiger partial charge in [-0.2, -0.15) is 4.98 Å². The normalized spacial score (nSPS) is 15.1. The van der Waals surface area contributed by atoms with E-state index in [0.717, 1.165) is 24.3 Å². The van der Waals surface area contributed by atoms with Gasteiger partial charge in [-0.3, -0.25) is 4.79 Å². The van der Waals surface area contributed by atoms with Crippen LogP contribution in [0, 0.1) is 0 Å². The third-order valence-corrected chi connectivity index (χ3v) is 7.99. The summed E-state index contributed by atoms with van der Waals surface area (Å²) in [4.78, 5) is 29.6. The van der Waals surface area contributed by atoms with Crippen molar-refractivity contribution in [2.24, 2.45) is 7.05 Å². The number of nitrogens with one attached hydrogen (secondary N) is 1. The summed E-state index contributed by atoms with van der Waals surface area (Å²) in [5.41, 5.74) is 2.92. The van der Waals surface area contributed by atoms with Gasteiger partial charge in [-0.25, -0.2) is 19.3 Å². The summed E-state index contributed by atoms with van der Waals surface area (Å²) in [5, 5.41) is 15.5. The second kappa shape index (κ2) is 10.3. The minimum atomic E-state index is -1.15. The number of aryl methyl sites for hydroxylation is 1. The van der Waals surface area contributed by atoms with Crippen LogP contribution in [0.2, 0.25) is 0 Å². The van der Waals surface area contributed by atoms with Crippen molar-refractivity contribution in [1.82, 2.24) is 33.8 Å². The van der Waals surface area contributed by atoms with E-state index >= 15 is 0 Å². The molecule has 0 bridgehead atoms. The Bertz CT molecular complexity index is 1820. The Kier molecular flexibility index (Phi) is 6.75. The second-order valence-electron chi connectivity index (χ2n) is 11.5. The largest absolute Gasteiger partial charge is 0.384 e. The van der Waals surface area contributed by atoms with Crippen LogP contribution >= 0.6 is 0 Å². The maximum Gasteiger partial charge on any atom is 0.278 e. The van der Waals surface area contributed by atoms with E-state index in [9.17, 15) is 9.90 Å². The van der Waals surface area contributed by atoms with Gasteiger partial charge in [0, 0.05) is 30.5 Å². The van der Waals surface area contributed by atoms with Gasteiger partial charge in [-0.05, 0) is 82.6 Å². The molecule has 0 unspecified atom stereocenters. The number of piperidine rings is 1. The molecule has 0 radical (unpaired) electrons. The molecule has 5 aromatic rings. The molecule has 0 saturated carbocycles. The number of anilines is 2. The Morgan fingerprint density at radius 1 is 1.12 bits per heavy atom. The highest BCUT2D eigenvalue weighted by Crippen LogP contribution is 2.35. The summed E-state index contributed by atoms with van der Waals surface area (Å²) in [6.45, 7) is 9.67. The summed E-state index contributed by atoms with van der Waals surface area (Å²) in [6, 6.07) is 11.7. The van der Waals surface area contributed by atoms with Gasteiger partial charge in [0.1, 0.15) is 11.0 Å². The van der Waals surface area contributed by atoms with Crippen molar-refractivity contribution in [3.63, 3.8) is 0 Å². The highest BCUT2D eigenvalue weighted by atomic mass is 16.3. The van der Waals surface area contributed by atoms with Gasteiger partial charge < -0.3 is 19.9 Å². The van der Waals surface area contributed by atoms with Crippen LogP contribution in [0.4, 0.5) is 11.6 Å². The Morgan fingerprint density at radius 3 is 2.63 bits per heavy atom. The van der Waals surface area contributed by atoms with Crippen molar-refractivity contribution in [3.05, 3.63) is 83.1 Å². The van der Waals surface area contributed by atoms with E-state index < -0.39 is 5.60 Å². The Labute approximate surface area is 238 Å². The fourth-order valence-corrected chi connectivity index (χ4v) is 5.76. The molecular weight excluding hydrogens is 516 g/mol. The number of benzene rings is 1. The van der Waals surface area contributed by atoms with Gasteiger partial charge in [-0.1, -0.05) is 18.2 Å². The predicted octanol–water partition coefficient (Wildman–Crippen LogP) is 4.44. The number of hydrogen-bond donors (Lipinski definition) is 2. The number of aromatic nitrogens is 6. The third kappa shape index (κ3) is 4.93. The summed E-state index contributed by atoms with van der Waals surface area (Å²) in [6.07, 6.45) is 7.80. The van der Waals surface area contributed by atoms with E-state index in [0.29, 0.717) is 34.4 Å². The summed E-state index contributed by atoms with van der Waals surface area (Å²) in [7, 11) is 4.27. The smallest absolute Gasteiger partial charge is 0.278 e. The molecule has 41 heavy (non-hydrogen) atoms. The lowest BCUT2D eigenvalue weighted by Gasteiger charge is -2.28. The van der Waals surface area contributed by atoms with Gasteiger partial charge in [0.15, 0.2) is 11.5 Å². The fraction of sp³-hybridized carbons (Fsp3) is 0.355. The van der Waals surface area contributed by atoms with Crippen molar-refractivity contribution >= 4 is 33.6 Å². The van der Waals surface area contributed by atoms with Crippen LogP contribution in [0.3, 0.4) is 0 Å². The van der Waals surface area contributed by atoms with Gasteiger partial charge in [0.05, 0.1) is 17.8 Å². The SMILES string of the molecule is C=CCn1c(=O)c2cnc(Nc3ccc4c(C5CCN(C)CC5)cn(C)c4c3)nc2n1-c1cccc(C(C)(C)O)n1. The molecular formula is C31H36N8O2. The monoisotopic (exact) mass is 552 g/mol. The lowest BCUT2D eigenvalue weighted by atomic mass is 9.89. The maximum absolute atomic E-state index is 13.3. The standard InChI is InChI=1S/C31H36N8O2/c1-6-14-38-29(40)23-18-32-30(35-28(23)39(38)27-9-7-8-26(34-27)31(2,3)41)33-21-10-11-22-24(19-37(5)25(22)17-21)20-12-15-36(4)16-13-20/h6-11,17-20,41H,1,12-16H2,2-5H3,(H,32,33,35). The predicted molar refractivity (Wildman–Crippen MR) is 162 cm³/mol. The third-order valence-electron chi connectivity index (χ3n) is 7.99. The zero-order valence-electron chi connectivity index (χ0n) is 24.0. The van der Waals surface area contributed by atoms with Crippen LogP contribution in [-0.4, -0.2) is 59.0 Å². The number of hydrogen-bond acceptors (Lipinski definition) is 7. The average molecular weight is 553 g/mol. The zero-order valence-corrected chi connectivity index (χ0v) is 24.0. The molecule has 5 heterocycles. The van der Waals surface area contributed by atoms with E-state index in [1.807, 2.05) is 0 Å². The van der Waals surface area contributed by atoms with Gasteiger partial charge >= 0.3 is 0 Å². The lowest BCUT2D eigenvalue weighted by molar-refractivity contribution is 0.0738. The quantitative estimate of drug-likeness (QED) is 0.288.